The van der Waals surface area contributed by atoms with Gasteiger partial charge in [0, 0.05) is 12.7 Å². The van der Waals surface area contributed by atoms with Gasteiger partial charge in [0.15, 0.2) is 0 Å². The normalized spacial score (nSPS) is 10.8. The number of hydrogen-bond donors (Lipinski definition) is 2. The smallest absolute Gasteiger partial charge is 0.267 e. The molecule has 0 radical (unpaired) electrons. The monoisotopic (exact) mass is 343 g/mol. The molecule has 2 rings (SSSR count). The van der Waals surface area contributed by atoms with Crippen LogP contribution >= 0.6 is 11.6 Å². The first-order chi connectivity index (χ1) is 11.6. The number of carbonyl (C=O) groups excluding carboxylic acids is 1. The summed E-state index contributed by atoms with van der Waals surface area (Å²) in [6.07, 6.45) is 1.75. The zero-order valence-electron chi connectivity index (χ0n) is 12.7. The summed E-state index contributed by atoms with van der Waals surface area (Å²) in [6, 6.07) is 15.0. The Morgan fingerprint density at radius 1 is 1.21 bits per heavy atom. The van der Waals surface area contributed by atoms with E-state index in [0.29, 0.717) is 29.2 Å². The van der Waals surface area contributed by atoms with Crippen LogP contribution in [0, 0.1) is 17.1 Å². The van der Waals surface area contributed by atoms with Crippen LogP contribution in [0.2, 0.25) is 5.02 Å². The number of para-hydroxylation sites is 1. The van der Waals surface area contributed by atoms with Crippen molar-refractivity contribution in [2.24, 2.45) is 0 Å². The molecule has 0 spiro atoms. The quantitative estimate of drug-likeness (QED) is 0.478. The third-order valence-corrected chi connectivity index (χ3v) is 3.56. The van der Waals surface area contributed by atoms with Crippen molar-refractivity contribution in [3.63, 3.8) is 0 Å². The fourth-order valence-corrected chi connectivity index (χ4v) is 2.17. The van der Waals surface area contributed by atoms with E-state index in [1.165, 1.54) is 12.3 Å². The number of rotatable bonds is 6. The van der Waals surface area contributed by atoms with Crippen LogP contribution in [0.25, 0.3) is 0 Å². The van der Waals surface area contributed by atoms with E-state index >= 15 is 0 Å². The van der Waals surface area contributed by atoms with Gasteiger partial charge in [0.2, 0.25) is 0 Å². The van der Waals surface area contributed by atoms with Crippen molar-refractivity contribution in [1.29, 1.82) is 5.26 Å². The summed E-state index contributed by atoms with van der Waals surface area (Å²) in [6.45, 7) is 0.394. The summed E-state index contributed by atoms with van der Waals surface area (Å²) in [5, 5.41) is 14.9. The molecule has 0 aliphatic carbocycles. The van der Waals surface area contributed by atoms with Crippen LogP contribution < -0.4 is 10.6 Å². The van der Waals surface area contributed by atoms with Crippen molar-refractivity contribution >= 4 is 23.2 Å². The van der Waals surface area contributed by atoms with Gasteiger partial charge in [-0.15, -0.1) is 0 Å². The molecule has 1 amide bonds. The molecule has 0 fully saturated rings. The summed E-state index contributed by atoms with van der Waals surface area (Å²) in [7, 11) is 0. The highest BCUT2D eigenvalue weighted by Crippen LogP contribution is 2.20. The number of nitriles is 1. The SMILES string of the molecule is N#C/C(=C/NCCc1ccccc1F)C(=O)Nc1ccccc1Cl. The summed E-state index contributed by atoms with van der Waals surface area (Å²) in [5.74, 6) is -0.843. The number of nitrogens with one attached hydrogen (secondary N) is 2. The van der Waals surface area contributed by atoms with E-state index in [2.05, 4.69) is 10.6 Å². The molecule has 0 aliphatic heterocycles. The average Bonchev–Trinajstić information content (AvgIpc) is 2.58. The predicted molar refractivity (Wildman–Crippen MR) is 91.9 cm³/mol. The van der Waals surface area contributed by atoms with Crippen molar-refractivity contribution in [2.75, 3.05) is 11.9 Å². The van der Waals surface area contributed by atoms with E-state index in [9.17, 15) is 9.18 Å². The topological polar surface area (TPSA) is 64.9 Å². The lowest BCUT2D eigenvalue weighted by molar-refractivity contribution is -0.112. The van der Waals surface area contributed by atoms with Crippen LogP contribution in [0.1, 0.15) is 5.56 Å². The van der Waals surface area contributed by atoms with Crippen LogP contribution in [0.5, 0.6) is 0 Å². The van der Waals surface area contributed by atoms with E-state index in [1.54, 1.807) is 42.5 Å². The van der Waals surface area contributed by atoms with E-state index in [4.69, 9.17) is 16.9 Å². The fourth-order valence-electron chi connectivity index (χ4n) is 1.98. The second kappa shape index (κ2) is 8.70. The highest BCUT2D eigenvalue weighted by molar-refractivity contribution is 6.33. The van der Waals surface area contributed by atoms with Gasteiger partial charge in [0.25, 0.3) is 5.91 Å². The summed E-state index contributed by atoms with van der Waals surface area (Å²) in [4.78, 5) is 12.1. The second-order valence-electron chi connectivity index (χ2n) is 4.90. The van der Waals surface area contributed by atoms with Crippen molar-refractivity contribution in [2.45, 2.75) is 6.42 Å². The molecule has 0 heterocycles. The van der Waals surface area contributed by atoms with E-state index < -0.39 is 5.91 Å². The minimum atomic E-state index is -0.566. The van der Waals surface area contributed by atoms with E-state index in [-0.39, 0.29) is 11.4 Å². The molecular formula is C18H15ClFN3O. The Kier molecular flexibility index (Phi) is 6.35. The minimum Gasteiger partial charge on any atom is -0.389 e. The second-order valence-corrected chi connectivity index (χ2v) is 5.31. The molecular weight excluding hydrogens is 329 g/mol. The molecule has 0 aromatic heterocycles. The third kappa shape index (κ3) is 4.83. The summed E-state index contributed by atoms with van der Waals surface area (Å²) in [5.41, 5.74) is 0.901. The lowest BCUT2D eigenvalue weighted by Crippen LogP contribution is -2.18. The molecule has 2 N–H and O–H groups in total. The molecule has 0 unspecified atom stereocenters. The number of carbonyl (C=O) groups is 1. The lowest BCUT2D eigenvalue weighted by Gasteiger charge is -2.07. The molecule has 0 saturated heterocycles. The Hall–Kier alpha value is -2.84. The molecule has 0 aliphatic rings. The molecule has 24 heavy (non-hydrogen) atoms. The number of amides is 1. The van der Waals surface area contributed by atoms with Gasteiger partial charge in [-0.2, -0.15) is 5.26 Å². The highest BCUT2D eigenvalue weighted by Gasteiger charge is 2.10. The zero-order chi connectivity index (χ0) is 17.4. The fraction of sp³-hybridized carbons (Fsp3) is 0.111. The lowest BCUT2D eigenvalue weighted by atomic mass is 10.1. The summed E-state index contributed by atoms with van der Waals surface area (Å²) < 4.78 is 13.5. The van der Waals surface area contributed by atoms with Gasteiger partial charge in [0.1, 0.15) is 17.5 Å². The average molecular weight is 344 g/mol. The van der Waals surface area contributed by atoms with Gasteiger partial charge in [0.05, 0.1) is 10.7 Å². The molecule has 0 saturated carbocycles. The Labute approximate surface area is 144 Å². The molecule has 2 aromatic rings. The standard InChI is InChI=1S/C18H15ClFN3O/c19-15-6-2-4-8-17(15)23-18(24)14(11-21)12-22-10-9-13-5-1-3-7-16(13)20/h1-8,12,22H,9-10H2,(H,23,24)/b14-12-. The van der Waals surface area contributed by atoms with Crippen LogP contribution in [0.3, 0.4) is 0 Å². The Morgan fingerprint density at radius 3 is 2.62 bits per heavy atom. The van der Waals surface area contributed by atoms with Gasteiger partial charge >= 0.3 is 0 Å². The number of benzene rings is 2. The van der Waals surface area contributed by atoms with Crippen LogP contribution in [0.4, 0.5) is 10.1 Å². The van der Waals surface area contributed by atoms with Gasteiger partial charge in [-0.3, -0.25) is 4.79 Å². The Bertz CT molecular complexity index is 799. The number of nitrogens with zero attached hydrogens (tertiary/aromatic N) is 1. The first-order valence-electron chi connectivity index (χ1n) is 7.24. The van der Waals surface area contributed by atoms with Crippen molar-refractivity contribution in [3.8, 4) is 6.07 Å². The van der Waals surface area contributed by atoms with Crippen LogP contribution in [-0.2, 0) is 11.2 Å². The maximum Gasteiger partial charge on any atom is 0.267 e. The number of hydrogen-bond acceptors (Lipinski definition) is 3. The van der Waals surface area contributed by atoms with Crippen LogP contribution in [-0.4, -0.2) is 12.5 Å². The summed E-state index contributed by atoms with van der Waals surface area (Å²) >= 11 is 5.96. The molecule has 2 aromatic carbocycles. The van der Waals surface area contributed by atoms with Crippen molar-refractivity contribution < 1.29 is 9.18 Å². The third-order valence-electron chi connectivity index (χ3n) is 3.23. The van der Waals surface area contributed by atoms with Crippen molar-refractivity contribution in [3.05, 3.63) is 76.7 Å². The van der Waals surface area contributed by atoms with Crippen LogP contribution in [0.15, 0.2) is 60.3 Å². The largest absolute Gasteiger partial charge is 0.389 e. The molecule has 4 nitrogen and oxygen atoms in total. The number of halogens is 2. The molecule has 0 bridgehead atoms. The predicted octanol–water partition coefficient (Wildman–Crippen LogP) is 3.66. The Morgan fingerprint density at radius 2 is 1.92 bits per heavy atom. The number of anilines is 1. The zero-order valence-corrected chi connectivity index (χ0v) is 13.5. The van der Waals surface area contributed by atoms with Gasteiger partial charge in [-0.25, -0.2) is 4.39 Å². The van der Waals surface area contributed by atoms with E-state index in [1.807, 2.05) is 6.07 Å². The van der Waals surface area contributed by atoms with Gasteiger partial charge < -0.3 is 10.6 Å². The van der Waals surface area contributed by atoms with E-state index in [0.717, 1.165) is 0 Å². The van der Waals surface area contributed by atoms with Crippen molar-refractivity contribution in [1.82, 2.24) is 5.32 Å². The first kappa shape index (κ1) is 17.5. The van der Waals surface area contributed by atoms with Gasteiger partial charge in [-0.05, 0) is 30.2 Å². The Balaban J connectivity index is 1.92. The molecule has 0 atom stereocenters. The maximum atomic E-state index is 13.5. The molecule has 6 heteroatoms. The first-order valence-corrected chi connectivity index (χ1v) is 7.62. The minimum absolute atomic E-state index is 0.0940. The molecule has 122 valence electrons. The highest BCUT2D eigenvalue weighted by atomic mass is 35.5. The van der Waals surface area contributed by atoms with Gasteiger partial charge in [-0.1, -0.05) is 41.9 Å². The maximum absolute atomic E-state index is 13.5.